The number of hydrogen-bond acceptors (Lipinski definition) is 9. The second-order valence-corrected chi connectivity index (χ2v) is 12.8. The van der Waals surface area contributed by atoms with E-state index in [1.807, 2.05) is 36.7 Å². The summed E-state index contributed by atoms with van der Waals surface area (Å²) in [6, 6.07) is 11.8. The number of benzene rings is 3. The Morgan fingerprint density at radius 1 is 1.14 bits per heavy atom. The third kappa shape index (κ3) is 6.53. The third-order valence-electron chi connectivity index (χ3n) is 7.94. The number of hydrogen-bond donors (Lipinski definition) is 2. The highest BCUT2D eigenvalue weighted by atomic mass is 35.5. The molecule has 0 radical (unpaired) electrons. The fourth-order valence-corrected chi connectivity index (χ4v) is 6.88. The summed E-state index contributed by atoms with van der Waals surface area (Å²) in [5, 5.41) is 28.2. The maximum absolute atomic E-state index is 13.1. The number of rotatable bonds is 11. The van der Waals surface area contributed by atoms with Gasteiger partial charge in [-0.3, -0.25) is 4.79 Å². The van der Waals surface area contributed by atoms with Gasteiger partial charge in [0.1, 0.15) is 17.0 Å². The SMILES string of the molecule is CCOC(=O)CC(c1cc(Cl)c(C)c(CN2Cc3cc(O)ccc3OS2(=O)=O)c1)c1ccc2c(nnn2CCCCO)c1C. The molecule has 13 heteroatoms. The molecule has 0 amide bonds. The van der Waals surface area contributed by atoms with Gasteiger partial charge in [0, 0.05) is 42.7 Å². The van der Waals surface area contributed by atoms with E-state index in [1.165, 1.54) is 22.5 Å². The van der Waals surface area contributed by atoms with Crippen LogP contribution >= 0.6 is 11.6 Å². The van der Waals surface area contributed by atoms with Crippen LogP contribution < -0.4 is 4.18 Å². The van der Waals surface area contributed by atoms with Gasteiger partial charge < -0.3 is 19.1 Å². The Labute approximate surface area is 261 Å². The molecule has 1 unspecified atom stereocenters. The molecular formula is C31H35ClN4O7S. The molecule has 1 aromatic heterocycles. The van der Waals surface area contributed by atoms with Crippen LogP contribution in [0.25, 0.3) is 11.0 Å². The number of nitrogens with zero attached hydrogens (tertiary/aromatic N) is 4. The zero-order valence-corrected chi connectivity index (χ0v) is 26.4. The molecule has 1 atom stereocenters. The van der Waals surface area contributed by atoms with Crippen LogP contribution in [0, 0.1) is 13.8 Å². The highest BCUT2D eigenvalue weighted by molar-refractivity contribution is 7.84. The molecule has 1 aliphatic rings. The first-order valence-corrected chi connectivity index (χ1v) is 16.2. The summed E-state index contributed by atoms with van der Waals surface area (Å²) in [5.74, 6) is -0.673. The normalized spacial score (nSPS) is 15.1. The van der Waals surface area contributed by atoms with Crippen molar-refractivity contribution >= 4 is 38.9 Å². The molecule has 4 aromatic rings. The largest absolute Gasteiger partial charge is 0.508 e. The third-order valence-corrected chi connectivity index (χ3v) is 9.61. The standard InChI is InChI=1S/C31H35ClN4O7S/c1-4-42-30(39)16-26(25-8-9-28-31(20(25)3)33-34-36(28)11-5-6-12-37)21-13-22(19(2)27(32)15-21)17-35-18-23-14-24(38)7-10-29(23)43-44(35,40)41/h7-10,13-15,26,37-38H,4-6,11-12,16-18H2,1-3H3. The Bertz CT molecular complexity index is 1810. The van der Waals surface area contributed by atoms with Crippen molar-refractivity contribution in [2.75, 3.05) is 13.2 Å². The number of halogens is 1. The number of esters is 1. The molecule has 2 heterocycles. The van der Waals surface area contributed by atoms with Crippen LogP contribution in [0.3, 0.4) is 0 Å². The van der Waals surface area contributed by atoms with Crippen LogP contribution in [0.4, 0.5) is 0 Å². The molecule has 0 spiro atoms. The van der Waals surface area contributed by atoms with Crippen molar-refractivity contribution in [1.29, 1.82) is 0 Å². The van der Waals surface area contributed by atoms with E-state index in [0.717, 1.165) is 28.6 Å². The van der Waals surface area contributed by atoms with Gasteiger partial charge in [0.25, 0.3) is 0 Å². The summed E-state index contributed by atoms with van der Waals surface area (Å²) in [5.41, 5.74) is 5.85. The summed E-state index contributed by atoms with van der Waals surface area (Å²) >= 11 is 6.75. The maximum atomic E-state index is 13.1. The van der Waals surface area contributed by atoms with Crippen LogP contribution in [-0.4, -0.2) is 57.1 Å². The van der Waals surface area contributed by atoms with E-state index >= 15 is 0 Å². The lowest BCUT2D eigenvalue weighted by atomic mass is 9.84. The molecule has 44 heavy (non-hydrogen) atoms. The second kappa shape index (κ2) is 13.1. The summed E-state index contributed by atoms with van der Waals surface area (Å²) in [6.45, 7) is 6.42. The maximum Gasteiger partial charge on any atom is 0.385 e. The highest BCUT2D eigenvalue weighted by Crippen LogP contribution is 2.38. The summed E-state index contributed by atoms with van der Waals surface area (Å²) in [6.07, 6.45) is 1.45. The number of aliphatic hydroxyl groups is 1. The van der Waals surface area contributed by atoms with Crippen molar-refractivity contribution in [2.24, 2.45) is 0 Å². The molecule has 0 saturated carbocycles. The van der Waals surface area contributed by atoms with Crippen LogP contribution in [0.1, 0.15) is 65.5 Å². The number of fused-ring (bicyclic) bond motifs is 2. The lowest BCUT2D eigenvalue weighted by Crippen LogP contribution is -2.37. The fraction of sp³-hybridized carbons (Fsp3) is 0.387. The predicted octanol–water partition coefficient (Wildman–Crippen LogP) is 4.90. The minimum atomic E-state index is -4.12. The number of ether oxygens (including phenoxy) is 1. The molecular weight excluding hydrogens is 608 g/mol. The van der Waals surface area contributed by atoms with Gasteiger partial charge in [-0.05, 0) is 91.8 Å². The number of aromatic hydroxyl groups is 1. The number of aromatic nitrogens is 3. The number of phenols is 1. The first-order chi connectivity index (χ1) is 21.0. The van der Waals surface area contributed by atoms with Crippen molar-refractivity contribution in [1.82, 2.24) is 19.3 Å². The molecule has 5 rings (SSSR count). The van der Waals surface area contributed by atoms with Gasteiger partial charge in [0.05, 0.1) is 18.5 Å². The van der Waals surface area contributed by atoms with E-state index in [4.69, 9.17) is 25.6 Å². The molecule has 2 N–H and O–H groups in total. The quantitative estimate of drug-likeness (QED) is 0.172. The molecule has 0 saturated heterocycles. The van der Waals surface area contributed by atoms with Crippen LogP contribution in [0.5, 0.6) is 11.5 Å². The van der Waals surface area contributed by atoms with Crippen LogP contribution in [0.15, 0.2) is 42.5 Å². The van der Waals surface area contributed by atoms with Gasteiger partial charge in [0.2, 0.25) is 0 Å². The summed E-state index contributed by atoms with van der Waals surface area (Å²) < 4.78 is 39.8. The Morgan fingerprint density at radius 3 is 2.68 bits per heavy atom. The van der Waals surface area contributed by atoms with Crippen LogP contribution in [-0.2, 0) is 39.5 Å². The number of aryl methyl sites for hydroxylation is 2. The topological polar surface area (TPSA) is 144 Å². The van der Waals surface area contributed by atoms with Gasteiger partial charge in [0.15, 0.2) is 0 Å². The fourth-order valence-electron chi connectivity index (χ4n) is 5.55. The van der Waals surface area contributed by atoms with Crippen LogP contribution in [0.2, 0.25) is 5.02 Å². The van der Waals surface area contributed by atoms with E-state index in [1.54, 1.807) is 13.0 Å². The van der Waals surface area contributed by atoms with Gasteiger partial charge in [-0.25, -0.2) is 4.68 Å². The Morgan fingerprint density at radius 2 is 1.93 bits per heavy atom. The van der Waals surface area contributed by atoms with E-state index in [-0.39, 0.29) is 50.2 Å². The first-order valence-electron chi connectivity index (χ1n) is 14.4. The number of carbonyl (C=O) groups is 1. The average Bonchev–Trinajstić information content (AvgIpc) is 3.39. The van der Waals surface area contributed by atoms with E-state index < -0.39 is 16.2 Å². The number of carbonyl (C=O) groups excluding carboxylic acids is 1. The number of phenolic OH excluding ortho intramolecular Hbond substituents is 1. The molecule has 1 aliphatic heterocycles. The van der Waals surface area contributed by atoms with Gasteiger partial charge >= 0.3 is 16.3 Å². The van der Waals surface area contributed by atoms with Crippen molar-refractivity contribution < 1.29 is 32.3 Å². The zero-order chi connectivity index (χ0) is 31.6. The summed E-state index contributed by atoms with van der Waals surface area (Å²) in [7, 11) is -4.12. The molecule has 0 aliphatic carbocycles. The highest BCUT2D eigenvalue weighted by Gasteiger charge is 2.33. The van der Waals surface area contributed by atoms with E-state index in [2.05, 4.69) is 10.3 Å². The predicted molar refractivity (Wildman–Crippen MR) is 165 cm³/mol. The molecule has 11 nitrogen and oxygen atoms in total. The Kier molecular flexibility index (Phi) is 9.45. The van der Waals surface area contributed by atoms with E-state index in [9.17, 15) is 18.3 Å². The molecule has 0 bridgehead atoms. The lowest BCUT2D eigenvalue weighted by molar-refractivity contribution is -0.143. The van der Waals surface area contributed by atoms with Crippen molar-refractivity contribution in [2.45, 2.75) is 65.6 Å². The van der Waals surface area contributed by atoms with E-state index in [0.29, 0.717) is 40.2 Å². The number of unbranched alkanes of at least 4 members (excludes halogenated alkanes) is 1. The zero-order valence-electron chi connectivity index (χ0n) is 24.8. The molecule has 0 fully saturated rings. The molecule has 234 valence electrons. The van der Waals surface area contributed by atoms with Crippen molar-refractivity contribution in [3.8, 4) is 11.5 Å². The van der Waals surface area contributed by atoms with Gasteiger partial charge in [-0.1, -0.05) is 28.9 Å². The first kappa shape index (κ1) is 31.7. The minimum absolute atomic E-state index is 0.00332. The lowest BCUT2D eigenvalue weighted by Gasteiger charge is -2.29. The monoisotopic (exact) mass is 642 g/mol. The van der Waals surface area contributed by atoms with Crippen molar-refractivity contribution in [3.63, 3.8) is 0 Å². The minimum Gasteiger partial charge on any atom is -0.508 e. The van der Waals surface area contributed by atoms with Crippen molar-refractivity contribution in [3.05, 3.63) is 80.9 Å². The average molecular weight is 643 g/mol. The summed E-state index contributed by atoms with van der Waals surface area (Å²) in [4.78, 5) is 12.9. The molecule has 3 aromatic carbocycles. The van der Waals surface area contributed by atoms with Gasteiger partial charge in [-0.2, -0.15) is 12.7 Å². The Balaban J connectivity index is 1.54. The second-order valence-electron chi connectivity index (χ2n) is 10.8. The van der Waals surface area contributed by atoms with Gasteiger partial charge in [-0.15, -0.1) is 5.10 Å². The smallest absolute Gasteiger partial charge is 0.385 e. The Hall–Kier alpha value is -3.71. The number of aliphatic hydroxyl groups excluding tert-OH is 1.